The van der Waals surface area contributed by atoms with Crippen molar-refractivity contribution < 1.29 is 9.53 Å². The average Bonchev–Trinajstić information content (AvgIpc) is 2.41. The maximum Gasteiger partial charge on any atom is 0.253 e. The molecule has 1 aliphatic rings. The molecule has 0 unspecified atom stereocenters. The van der Waals surface area contributed by atoms with Crippen molar-refractivity contribution in [3.63, 3.8) is 0 Å². The highest BCUT2D eigenvalue weighted by Gasteiger charge is 2.21. The lowest BCUT2D eigenvalue weighted by molar-refractivity contribution is 0.0697. The van der Waals surface area contributed by atoms with Gasteiger partial charge in [-0.15, -0.1) is 0 Å². The van der Waals surface area contributed by atoms with E-state index in [9.17, 15) is 4.79 Å². The van der Waals surface area contributed by atoms with Crippen molar-refractivity contribution in [1.82, 2.24) is 4.90 Å². The van der Waals surface area contributed by atoms with Crippen LogP contribution in [0.5, 0.6) is 0 Å². The molecule has 0 N–H and O–H groups in total. The summed E-state index contributed by atoms with van der Waals surface area (Å²) >= 11 is 3.48. The number of carbonyl (C=O) groups excluding carboxylic acids is 1. The van der Waals surface area contributed by atoms with Crippen molar-refractivity contribution in [1.29, 1.82) is 0 Å². The second kappa shape index (κ2) is 6.53. The van der Waals surface area contributed by atoms with Crippen molar-refractivity contribution >= 4 is 21.8 Å². The lowest BCUT2D eigenvalue weighted by atomic mass is 9.98. The minimum atomic E-state index is 0.136. The van der Waals surface area contributed by atoms with Gasteiger partial charge in [-0.25, -0.2) is 0 Å². The zero-order valence-electron chi connectivity index (χ0n) is 11.5. The Hall–Kier alpha value is -0.870. The summed E-state index contributed by atoms with van der Waals surface area (Å²) in [4.78, 5) is 14.4. The molecule has 3 nitrogen and oxygen atoms in total. The zero-order valence-corrected chi connectivity index (χ0v) is 13.1. The van der Waals surface area contributed by atoms with E-state index in [-0.39, 0.29) is 5.91 Å². The molecule has 1 amide bonds. The van der Waals surface area contributed by atoms with Gasteiger partial charge in [0.15, 0.2) is 0 Å². The molecule has 0 spiro atoms. The number of rotatable bonds is 3. The molecule has 0 bridgehead atoms. The van der Waals surface area contributed by atoms with Gasteiger partial charge in [-0.1, -0.05) is 22.9 Å². The Bertz CT molecular complexity index is 453. The van der Waals surface area contributed by atoms with Gasteiger partial charge in [-0.05, 0) is 42.5 Å². The van der Waals surface area contributed by atoms with Gasteiger partial charge >= 0.3 is 0 Å². The molecular formula is C15H20BrNO2. The standard InChI is InChI=1S/C15H20BrNO2/c1-11-5-7-17(8-6-11)15(18)12-3-4-14(16)13(9-12)10-19-2/h3-4,9,11H,5-8,10H2,1-2H3. The van der Waals surface area contributed by atoms with E-state index in [4.69, 9.17) is 4.74 Å². The van der Waals surface area contributed by atoms with Gasteiger partial charge in [-0.3, -0.25) is 4.79 Å². The molecule has 1 heterocycles. The molecule has 0 aromatic heterocycles. The zero-order chi connectivity index (χ0) is 13.8. The van der Waals surface area contributed by atoms with Crippen LogP contribution in [0.2, 0.25) is 0 Å². The number of nitrogens with zero attached hydrogens (tertiary/aromatic N) is 1. The van der Waals surface area contributed by atoms with E-state index < -0.39 is 0 Å². The van der Waals surface area contributed by atoms with Crippen LogP contribution in [0.25, 0.3) is 0 Å². The van der Waals surface area contributed by atoms with Crippen molar-refractivity contribution in [2.75, 3.05) is 20.2 Å². The van der Waals surface area contributed by atoms with Crippen LogP contribution in [0.15, 0.2) is 22.7 Å². The second-order valence-electron chi connectivity index (χ2n) is 5.21. The van der Waals surface area contributed by atoms with E-state index in [2.05, 4.69) is 22.9 Å². The molecule has 1 fully saturated rings. The van der Waals surface area contributed by atoms with Crippen molar-refractivity contribution in [2.45, 2.75) is 26.4 Å². The third kappa shape index (κ3) is 3.57. The number of piperidine rings is 1. The smallest absolute Gasteiger partial charge is 0.253 e. The number of halogens is 1. The summed E-state index contributed by atoms with van der Waals surface area (Å²) in [6.07, 6.45) is 2.21. The normalized spacial score (nSPS) is 16.7. The largest absolute Gasteiger partial charge is 0.380 e. The first kappa shape index (κ1) is 14.5. The number of amides is 1. The van der Waals surface area contributed by atoms with E-state index in [1.807, 2.05) is 23.1 Å². The van der Waals surface area contributed by atoms with Crippen LogP contribution in [0, 0.1) is 5.92 Å². The minimum Gasteiger partial charge on any atom is -0.380 e. The van der Waals surface area contributed by atoms with Gasteiger partial charge in [0, 0.05) is 30.2 Å². The Kier molecular flexibility index (Phi) is 4.99. The van der Waals surface area contributed by atoms with E-state index >= 15 is 0 Å². The maximum absolute atomic E-state index is 12.4. The molecule has 0 radical (unpaired) electrons. The summed E-state index contributed by atoms with van der Waals surface area (Å²) in [6, 6.07) is 5.73. The third-order valence-corrected chi connectivity index (χ3v) is 4.44. The van der Waals surface area contributed by atoms with E-state index in [1.165, 1.54) is 0 Å². The van der Waals surface area contributed by atoms with Crippen LogP contribution in [0.4, 0.5) is 0 Å². The summed E-state index contributed by atoms with van der Waals surface area (Å²) in [6.45, 7) is 4.50. The molecule has 1 saturated heterocycles. The maximum atomic E-state index is 12.4. The molecular weight excluding hydrogens is 306 g/mol. The van der Waals surface area contributed by atoms with Crippen LogP contribution in [-0.4, -0.2) is 31.0 Å². The van der Waals surface area contributed by atoms with Crippen LogP contribution in [-0.2, 0) is 11.3 Å². The fraction of sp³-hybridized carbons (Fsp3) is 0.533. The molecule has 1 aromatic carbocycles. The first-order chi connectivity index (χ1) is 9.11. The molecule has 0 saturated carbocycles. The Morgan fingerprint density at radius 2 is 2.11 bits per heavy atom. The van der Waals surface area contributed by atoms with Gasteiger partial charge < -0.3 is 9.64 Å². The molecule has 104 valence electrons. The predicted octanol–water partition coefficient (Wildman–Crippen LogP) is 3.47. The Morgan fingerprint density at radius 1 is 1.42 bits per heavy atom. The molecule has 4 heteroatoms. The SMILES string of the molecule is COCc1cc(C(=O)N2CCC(C)CC2)ccc1Br. The van der Waals surface area contributed by atoms with Crippen molar-refractivity contribution in [2.24, 2.45) is 5.92 Å². The van der Waals surface area contributed by atoms with E-state index in [1.54, 1.807) is 7.11 Å². The number of ether oxygens (including phenoxy) is 1. The number of likely N-dealkylation sites (tertiary alicyclic amines) is 1. The quantitative estimate of drug-likeness (QED) is 0.851. The average molecular weight is 326 g/mol. The summed E-state index contributed by atoms with van der Waals surface area (Å²) in [5.74, 6) is 0.870. The van der Waals surface area contributed by atoms with Gasteiger partial charge in [-0.2, -0.15) is 0 Å². The Balaban J connectivity index is 2.12. The second-order valence-corrected chi connectivity index (χ2v) is 6.07. The first-order valence-electron chi connectivity index (χ1n) is 6.68. The van der Waals surface area contributed by atoms with E-state index in [0.717, 1.165) is 47.4 Å². The fourth-order valence-corrected chi connectivity index (χ4v) is 2.73. The number of methoxy groups -OCH3 is 1. The van der Waals surface area contributed by atoms with Gasteiger partial charge in [0.25, 0.3) is 5.91 Å². The highest BCUT2D eigenvalue weighted by Crippen LogP contribution is 2.22. The summed E-state index contributed by atoms with van der Waals surface area (Å²) < 4.78 is 6.13. The fourth-order valence-electron chi connectivity index (χ4n) is 2.37. The van der Waals surface area contributed by atoms with Crippen LogP contribution in [0.1, 0.15) is 35.7 Å². The van der Waals surface area contributed by atoms with Crippen LogP contribution < -0.4 is 0 Å². The number of carbonyl (C=O) groups is 1. The van der Waals surface area contributed by atoms with E-state index in [0.29, 0.717) is 6.61 Å². The van der Waals surface area contributed by atoms with Crippen molar-refractivity contribution in [3.05, 3.63) is 33.8 Å². The number of hydrogen-bond acceptors (Lipinski definition) is 2. The third-order valence-electron chi connectivity index (χ3n) is 3.66. The molecule has 1 aromatic rings. The number of benzene rings is 1. The monoisotopic (exact) mass is 325 g/mol. The molecule has 2 rings (SSSR count). The van der Waals surface area contributed by atoms with Crippen LogP contribution >= 0.6 is 15.9 Å². The van der Waals surface area contributed by atoms with Gasteiger partial charge in [0.05, 0.1) is 6.61 Å². The topological polar surface area (TPSA) is 29.5 Å². The Morgan fingerprint density at radius 3 is 2.74 bits per heavy atom. The summed E-state index contributed by atoms with van der Waals surface area (Å²) in [5, 5.41) is 0. The van der Waals surface area contributed by atoms with Gasteiger partial charge in [0.1, 0.15) is 0 Å². The molecule has 19 heavy (non-hydrogen) atoms. The van der Waals surface area contributed by atoms with Crippen molar-refractivity contribution in [3.8, 4) is 0 Å². The van der Waals surface area contributed by atoms with Crippen LogP contribution in [0.3, 0.4) is 0 Å². The minimum absolute atomic E-state index is 0.136. The summed E-state index contributed by atoms with van der Waals surface area (Å²) in [7, 11) is 1.66. The highest BCUT2D eigenvalue weighted by atomic mass is 79.9. The summed E-state index contributed by atoms with van der Waals surface area (Å²) in [5.41, 5.74) is 1.77. The lowest BCUT2D eigenvalue weighted by Gasteiger charge is -2.30. The molecule has 0 aliphatic carbocycles. The lowest BCUT2D eigenvalue weighted by Crippen LogP contribution is -2.37. The number of hydrogen-bond donors (Lipinski definition) is 0. The highest BCUT2D eigenvalue weighted by molar-refractivity contribution is 9.10. The molecule has 0 atom stereocenters. The molecule has 1 aliphatic heterocycles. The van der Waals surface area contributed by atoms with Gasteiger partial charge in [0.2, 0.25) is 0 Å². The predicted molar refractivity (Wildman–Crippen MR) is 79.2 cm³/mol. The Labute approximate surface area is 123 Å². The first-order valence-corrected chi connectivity index (χ1v) is 7.47.